The van der Waals surface area contributed by atoms with Crippen molar-refractivity contribution in [3.8, 4) is 0 Å². The number of nitrogens with zero attached hydrogens (tertiary/aromatic N) is 4. The summed E-state index contributed by atoms with van der Waals surface area (Å²) in [6.45, 7) is 4.62. The summed E-state index contributed by atoms with van der Waals surface area (Å²) in [5.74, 6) is -1.79. The van der Waals surface area contributed by atoms with E-state index in [-0.39, 0.29) is 13.5 Å². The summed E-state index contributed by atoms with van der Waals surface area (Å²) in [6, 6.07) is -1.04. The van der Waals surface area contributed by atoms with Gasteiger partial charge in [-0.25, -0.2) is 9.59 Å². The zero-order valence-electron chi connectivity index (χ0n) is 16.2. The van der Waals surface area contributed by atoms with E-state index >= 15 is 0 Å². The first-order valence-electron chi connectivity index (χ1n) is 8.73. The highest BCUT2D eigenvalue weighted by Gasteiger charge is 2.59. The molecule has 0 N–H and O–H groups in total. The Morgan fingerprint density at radius 2 is 1.04 bits per heavy atom. The molecule has 156 valence electrons. The van der Waals surface area contributed by atoms with Crippen LogP contribution >= 0.6 is 0 Å². The second-order valence-corrected chi connectivity index (χ2v) is 6.29. The molecule has 4 amide bonds. The van der Waals surface area contributed by atoms with Gasteiger partial charge in [-0.05, 0) is 6.42 Å². The van der Waals surface area contributed by atoms with Gasteiger partial charge >= 0.3 is 30.0 Å². The summed E-state index contributed by atoms with van der Waals surface area (Å²) in [6.07, 6.45) is -1.08. The van der Waals surface area contributed by atoms with Gasteiger partial charge in [0, 0.05) is 27.3 Å². The van der Waals surface area contributed by atoms with Crippen molar-refractivity contribution >= 4 is 30.0 Å². The molecular weight excluding hydrogens is 376 g/mol. The first-order valence-corrected chi connectivity index (χ1v) is 8.73. The Morgan fingerprint density at radius 1 is 0.714 bits per heavy atom. The number of hydrogen-bond donors (Lipinski definition) is 0. The van der Waals surface area contributed by atoms with Crippen LogP contribution in [0.3, 0.4) is 0 Å². The van der Waals surface area contributed by atoms with Crippen molar-refractivity contribution < 1.29 is 38.2 Å². The number of esters is 3. The van der Waals surface area contributed by atoms with Crippen LogP contribution in [0.15, 0.2) is 0 Å². The molecule has 2 fully saturated rings. The van der Waals surface area contributed by atoms with Crippen molar-refractivity contribution in [1.82, 2.24) is 19.6 Å². The Hall–Kier alpha value is -3.05. The maximum Gasteiger partial charge on any atom is 0.328 e. The topological polar surface area (TPSA) is 126 Å². The van der Waals surface area contributed by atoms with Crippen LogP contribution in [-0.4, -0.2) is 88.6 Å². The van der Waals surface area contributed by atoms with Crippen molar-refractivity contribution in [2.45, 2.75) is 46.4 Å². The van der Waals surface area contributed by atoms with Gasteiger partial charge in [0.25, 0.3) is 0 Å². The smallest absolute Gasteiger partial charge is 0.328 e. The molecule has 2 aliphatic heterocycles. The number of fused-ring (bicyclic) bond motifs is 1. The molecule has 0 saturated carbocycles. The Labute approximate surface area is 161 Å². The van der Waals surface area contributed by atoms with E-state index in [1.54, 1.807) is 0 Å². The lowest BCUT2D eigenvalue weighted by Gasteiger charge is -2.28. The fraction of sp³-hybridized carbons (Fsp3) is 0.688. The van der Waals surface area contributed by atoms with Gasteiger partial charge in [-0.15, -0.1) is 0 Å². The third-order valence-corrected chi connectivity index (χ3v) is 4.21. The van der Waals surface area contributed by atoms with Crippen LogP contribution < -0.4 is 0 Å². The molecule has 2 aliphatic rings. The molecule has 0 bridgehead atoms. The van der Waals surface area contributed by atoms with Crippen LogP contribution in [0.2, 0.25) is 0 Å². The van der Waals surface area contributed by atoms with E-state index in [0.29, 0.717) is 13.0 Å². The van der Waals surface area contributed by atoms with Gasteiger partial charge in [0.15, 0.2) is 32.5 Å². The summed E-state index contributed by atoms with van der Waals surface area (Å²) in [4.78, 5) is 64.4. The molecule has 2 heterocycles. The minimum absolute atomic E-state index is 0.321. The van der Waals surface area contributed by atoms with E-state index in [4.69, 9.17) is 14.2 Å². The monoisotopic (exact) mass is 400 g/mol. The molecule has 2 saturated heterocycles. The quantitative estimate of drug-likeness (QED) is 0.414. The maximum absolute atomic E-state index is 12.9. The number of ether oxygens (including phenoxy) is 3. The number of carbonyl (C=O) groups is 5. The third-order valence-electron chi connectivity index (χ3n) is 4.21. The average Bonchev–Trinajstić information content (AvgIpc) is 3.01. The van der Waals surface area contributed by atoms with Gasteiger partial charge in [-0.2, -0.15) is 0 Å². The first-order chi connectivity index (χ1) is 13.2. The predicted octanol–water partition coefficient (Wildman–Crippen LogP) is 0.0856. The standard InChI is InChI=1S/C16H24N4O8/c1-5-6-17-13-14(19(15(17)24)8-27-11(3)22)20(9-28-12(4)23)16(25)18(13)7-26-10(2)21/h13-14H,5-9H2,1-4H3. The van der Waals surface area contributed by atoms with Crippen LogP contribution in [0.4, 0.5) is 9.59 Å². The lowest BCUT2D eigenvalue weighted by molar-refractivity contribution is -0.149. The summed E-state index contributed by atoms with van der Waals surface area (Å²) in [5.41, 5.74) is 0. The number of amides is 4. The highest BCUT2D eigenvalue weighted by Crippen LogP contribution is 2.35. The number of urea groups is 2. The van der Waals surface area contributed by atoms with Crippen LogP contribution in [0, 0.1) is 0 Å². The lowest BCUT2D eigenvalue weighted by Crippen LogP contribution is -2.48. The second-order valence-electron chi connectivity index (χ2n) is 6.29. The van der Waals surface area contributed by atoms with Crippen LogP contribution in [0.5, 0.6) is 0 Å². The van der Waals surface area contributed by atoms with Gasteiger partial charge < -0.3 is 14.2 Å². The normalized spacial score (nSPS) is 21.1. The van der Waals surface area contributed by atoms with Crippen molar-refractivity contribution in [2.75, 3.05) is 26.7 Å². The van der Waals surface area contributed by atoms with Crippen molar-refractivity contribution in [3.63, 3.8) is 0 Å². The van der Waals surface area contributed by atoms with Gasteiger partial charge in [0.1, 0.15) is 0 Å². The predicted molar refractivity (Wildman–Crippen MR) is 90.8 cm³/mol. The van der Waals surface area contributed by atoms with Crippen molar-refractivity contribution in [1.29, 1.82) is 0 Å². The van der Waals surface area contributed by atoms with Gasteiger partial charge in [0.05, 0.1) is 0 Å². The summed E-state index contributed by atoms with van der Waals surface area (Å²) >= 11 is 0. The van der Waals surface area contributed by atoms with Gasteiger partial charge in [-0.3, -0.25) is 34.0 Å². The SMILES string of the molecule is CCCN1C(=O)N(COC(C)=O)C2C1N(COC(C)=O)C(=O)N2COC(C)=O. The highest BCUT2D eigenvalue weighted by molar-refractivity contribution is 5.85. The fourth-order valence-corrected chi connectivity index (χ4v) is 3.11. The average molecular weight is 400 g/mol. The fourth-order valence-electron chi connectivity index (χ4n) is 3.11. The zero-order chi connectivity index (χ0) is 21.0. The van der Waals surface area contributed by atoms with Crippen molar-refractivity contribution in [3.05, 3.63) is 0 Å². The Kier molecular flexibility index (Phi) is 6.65. The Bertz CT molecular complexity index is 653. The van der Waals surface area contributed by atoms with Gasteiger partial charge in [0.2, 0.25) is 0 Å². The molecule has 0 aromatic rings. The van der Waals surface area contributed by atoms with Crippen LogP contribution in [0.25, 0.3) is 0 Å². The number of carbonyl (C=O) groups excluding carboxylic acids is 5. The largest absolute Gasteiger partial charge is 0.444 e. The van der Waals surface area contributed by atoms with E-state index in [1.165, 1.54) is 35.5 Å². The minimum atomic E-state index is -0.888. The van der Waals surface area contributed by atoms with Crippen LogP contribution in [0.1, 0.15) is 34.1 Å². The highest BCUT2D eigenvalue weighted by atomic mass is 16.6. The van der Waals surface area contributed by atoms with E-state index in [1.807, 2.05) is 6.92 Å². The van der Waals surface area contributed by atoms with Gasteiger partial charge in [-0.1, -0.05) is 6.92 Å². The Balaban J connectivity index is 2.37. The van der Waals surface area contributed by atoms with Crippen molar-refractivity contribution in [2.24, 2.45) is 0 Å². The number of hydrogen-bond acceptors (Lipinski definition) is 8. The second kappa shape index (κ2) is 8.76. The van der Waals surface area contributed by atoms with E-state index < -0.39 is 49.0 Å². The lowest BCUT2D eigenvalue weighted by atomic mass is 10.3. The molecule has 2 unspecified atom stereocenters. The molecule has 0 aliphatic carbocycles. The zero-order valence-corrected chi connectivity index (χ0v) is 16.2. The molecule has 2 rings (SSSR count). The van der Waals surface area contributed by atoms with E-state index in [2.05, 4.69) is 0 Å². The molecule has 12 heteroatoms. The molecule has 28 heavy (non-hydrogen) atoms. The Morgan fingerprint density at radius 3 is 1.36 bits per heavy atom. The molecular formula is C16H24N4O8. The van der Waals surface area contributed by atoms with E-state index in [9.17, 15) is 24.0 Å². The summed E-state index contributed by atoms with van der Waals surface area (Å²) in [5, 5.41) is 0. The molecule has 2 atom stereocenters. The molecule has 0 aromatic heterocycles. The number of rotatable bonds is 8. The minimum Gasteiger partial charge on any atom is -0.444 e. The summed E-state index contributed by atoms with van der Waals surface area (Å²) in [7, 11) is 0. The molecule has 12 nitrogen and oxygen atoms in total. The maximum atomic E-state index is 12.9. The molecule has 0 aromatic carbocycles. The summed E-state index contributed by atoms with van der Waals surface area (Å²) < 4.78 is 14.9. The molecule has 0 radical (unpaired) electrons. The molecule has 0 spiro atoms. The van der Waals surface area contributed by atoms with Crippen LogP contribution in [-0.2, 0) is 28.6 Å². The third kappa shape index (κ3) is 4.26. The van der Waals surface area contributed by atoms with E-state index in [0.717, 1.165) is 4.90 Å². The first kappa shape index (κ1) is 21.3.